The van der Waals surface area contributed by atoms with E-state index < -0.39 is 58.7 Å². The SMILES string of the molecule is O=C(NC(Cc1ccccc1)C(=O)NCc1ccc(CNC(=O)C(Cc2ccccc2)NC(=O)c2cccc(O)c2O)cc1)c1cccc(O)c1O. The lowest BCUT2D eigenvalue weighted by molar-refractivity contribution is -0.123. The normalized spacial score (nSPS) is 11.8. The molecule has 12 nitrogen and oxygen atoms in total. The van der Waals surface area contributed by atoms with E-state index in [1.54, 1.807) is 24.3 Å². The van der Waals surface area contributed by atoms with Crippen LogP contribution in [0.2, 0.25) is 0 Å². The van der Waals surface area contributed by atoms with Crippen molar-refractivity contribution in [3.05, 3.63) is 155 Å². The summed E-state index contributed by atoms with van der Waals surface area (Å²) in [5, 5.41) is 51.0. The first-order chi connectivity index (χ1) is 25.1. The highest BCUT2D eigenvalue weighted by Gasteiger charge is 2.25. The van der Waals surface area contributed by atoms with Crippen LogP contribution in [0.4, 0.5) is 0 Å². The third-order valence-electron chi connectivity index (χ3n) is 8.28. The van der Waals surface area contributed by atoms with Crippen LogP contribution in [-0.2, 0) is 35.5 Å². The maximum atomic E-state index is 13.3. The van der Waals surface area contributed by atoms with E-state index in [2.05, 4.69) is 21.3 Å². The zero-order chi connectivity index (χ0) is 37.0. The summed E-state index contributed by atoms with van der Waals surface area (Å²) in [6, 6.07) is 31.4. The van der Waals surface area contributed by atoms with Gasteiger partial charge in [0.2, 0.25) is 11.8 Å². The van der Waals surface area contributed by atoms with E-state index >= 15 is 0 Å². The number of para-hydroxylation sites is 2. The lowest BCUT2D eigenvalue weighted by atomic mass is 10.0. The van der Waals surface area contributed by atoms with Crippen LogP contribution in [0.5, 0.6) is 23.0 Å². The van der Waals surface area contributed by atoms with Gasteiger partial charge in [-0.25, -0.2) is 0 Å². The Hall–Kier alpha value is -6.82. The quantitative estimate of drug-likeness (QED) is 0.0799. The minimum atomic E-state index is -0.994. The second-order valence-corrected chi connectivity index (χ2v) is 12.0. The van der Waals surface area contributed by atoms with Gasteiger partial charge in [0.15, 0.2) is 23.0 Å². The standard InChI is InChI=1S/C40H38N4O8/c45-33-15-7-13-29(35(33)47)37(49)43-31(21-25-9-3-1-4-10-25)39(51)41-23-27-17-19-28(20-18-27)24-42-40(52)32(22-26-11-5-2-6-12-26)44-38(50)30-14-8-16-34(46)36(30)48/h1-20,31-32,45-48H,21-24H2,(H,41,51)(H,42,52)(H,43,49)(H,44,50). The number of amides is 4. The molecule has 5 aromatic rings. The molecule has 0 aliphatic carbocycles. The number of carbonyl (C=O) groups excluding carboxylic acids is 4. The zero-order valence-corrected chi connectivity index (χ0v) is 28.0. The molecule has 52 heavy (non-hydrogen) atoms. The third-order valence-corrected chi connectivity index (χ3v) is 8.28. The number of aromatic hydroxyl groups is 4. The molecule has 0 aromatic heterocycles. The van der Waals surface area contributed by atoms with Crippen molar-refractivity contribution in [1.82, 2.24) is 21.3 Å². The van der Waals surface area contributed by atoms with Gasteiger partial charge in [-0.15, -0.1) is 0 Å². The molecule has 2 unspecified atom stereocenters. The first-order valence-corrected chi connectivity index (χ1v) is 16.4. The Balaban J connectivity index is 1.20. The summed E-state index contributed by atoms with van der Waals surface area (Å²) in [4.78, 5) is 52.7. The number of rotatable bonds is 14. The first-order valence-electron chi connectivity index (χ1n) is 16.4. The van der Waals surface area contributed by atoms with Gasteiger partial charge in [-0.2, -0.15) is 0 Å². The number of hydrogen-bond acceptors (Lipinski definition) is 8. The van der Waals surface area contributed by atoms with Gasteiger partial charge in [0, 0.05) is 25.9 Å². The summed E-state index contributed by atoms with van der Waals surface area (Å²) in [5.74, 6) is -4.44. The summed E-state index contributed by atoms with van der Waals surface area (Å²) in [5.41, 5.74) is 2.77. The van der Waals surface area contributed by atoms with Gasteiger partial charge in [0.05, 0.1) is 11.1 Å². The number of nitrogens with one attached hydrogen (secondary N) is 4. The number of carbonyl (C=O) groups is 4. The van der Waals surface area contributed by atoms with Crippen LogP contribution >= 0.6 is 0 Å². The molecule has 0 saturated heterocycles. The first kappa shape index (κ1) is 36.5. The average molecular weight is 703 g/mol. The number of benzene rings is 5. The van der Waals surface area contributed by atoms with Crippen LogP contribution < -0.4 is 21.3 Å². The molecule has 0 radical (unpaired) electrons. The highest BCUT2D eigenvalue weighted by Crippen LogP contribution is 2.29. The maximum absolute atomic E-state index is 13.3. The monoisotopic (exact) mass is 702 g/mol. The average Bonchev–Trinajstić information content (AvgIpc) is 3.15. The van der Waals surface area contributed by atoms with Crippen molar-refractivity contribution in [2.24, 2.45) is 0 Å². The molecule has 5 rings (SSSR count). The van der Waals surface area contributed by atoms with E-state index in [-0.39, 0.29) is 37.1 Å². The molecular weight excluding hydrogens is 664 g/mol. The lowest BCUT2D eigenvalue weighted by Crippen LogP contribution is -2.48. The summed E-state index contributed by atoms with van der Waals surface area (Å²) in [6.45, 7) is 0.272. The Morgan fingerprint density at radius 1 is 0.442 bits per heavy atom. The molecule has 12 heteroatoms. The van der Waals surface area contributed by atoms with Gasteiger partial charge in [0.25, 0.3) is 11.8 Å². The second kappa shape index (κ2) is 17.2. The molecule has 0 fully saturated rings. The fraction of sp³-hybridized carbons (Fsp3) is 0.150. The van der Waals surface area contributed by atoms with Gasteiger partial charge >= 0.3 is 0 Å². The fourth-order valence-electron chi connectivity index (χ4n) is 5.42. The van der Waals surface area contributed by atoms with Crippen molar-refractivity contribution in [3.63, 3.8) is 0 Å². The molecule has 5 aromatic carbocycles. The fourth-order valence-corrected chi connectivity index (χ4v) is 5.42. The van der Waals surface area contributed by atoms with Crippen LogP contribution in [0, 0.1) is 0 Å². The number of phenolic OH excluding ortho intramolecular Hbond substituents is 4. The number of phenols is 4. The van der Waals surface area contributed by atoms with Crippen LogP contribution in [0.25, 0.3) is 0 Å². The predicted octanol–water partition coefficient (Wildman–Crippen LogP) is 3.82. The second-order valence-electron chi connectivity index (χ2n) is 12.0. The van der Waals surface area contributed by atoms with Crippen LogP contribution in [0.3, 0.4) is 0 Å². The molecule has 0 spiro atoms. The Bertz CT molecular complexity index is 1880. The van der Waals surface area contributed by atoms with E-state index in [0.29, 0.717) is 0 Å². The van der Waals surface area contributed by atoms with Crippen LogP contribution in [0.15, 0.2) is 121 Å². The Kier molecular flexibility index (Phi) is 12.1. The third kappa shape index (κ3) is 9.66. The van der Waals surface area contributed by atoms with Crippen LogP contribution in [0.1, 0.15) is 43.0 Å². The van der Waals surface area contributed by atoms with E-state index in [9.17, 15) is 39.6 Å². The molecule has 2 atom stereocenters. The van der Waals surface area contributed by atoms with Gasteiger partial charge in [0.1, 0.15) is 12.1 Å². The Morgan fingerprint density at radius 2 is 0.808 bits per heavy atom. The van der Waals surface area contributed by atoms with E-state index in [1.807, 2.05) is 60.7 Å². The van der Waals surface area contributed by atoms with E-state index in [0.717, 1.165) is 22.3 Å². The molecule has 4 amide bonds. The van der Waals surface area contributed by atoms with Crippen molar-refractivity contribution >= 4 is 23.6 Å². The van der Waals surface area contributed by atoms with Crippen molar-refractivity contribution in [3.8, 4) is 23.0 Å². The van der Waals surface area contributed by atoms with Gasteiger partial charge in [-0.3, -0.25) is 19.2 Å². The molecule has 0 aliphatic heterocycles. The van der Waals surface area contributed by atoms with Crippen molar-refractivity contribution in [1.29, 1.82) is 0 Å². The zero-order valence-electron chi connectivity index (χ0n) is 28.0. The molecule has 0 aliphatic rings. The van der Waals surface area contributed by atoms with E-state index in [4.69, 9.17) is 0 Å². The smallest absolute Gasteiger partial charge is 0.255 e. The molecular formula is C40H38N4O8. The lowest BCUT2D eigenvalue weighted by Gasteiger charge is -2.20. The summed E-state index contributed by atoms with van der Waals surface area (Å²) in [7, 11) is 0. The maximum Gasteiger partial charge on any atom is 0.255 e. The topological polar surface area (TPSA) is 197 Å². The molecule has 8 N–H and O–H groups in total. The van der Waals surface area contributed by atoms with Crippen molar-refractivity contribution in [2.75, 3.05) is 0 Å². The highest BCUT2D eigenvalue weighted by atomic mass is 16.3. The van der Waals surface area contributed by atoms with Crippen molar-refractivity contribution < 1.29 is 39.6 Å². The van der Waals surface area contributed by atoms with Crippen LogP contribution in [-0.4, -0.2) is 56.1 Å². The summed E-state index contributed by atoms with van der Waals surface area (Å²) < 4.78 is 0. The van der Waals surface area contributed by atoms with Gasteiger partial charge < -0.3 is 41.7 Å². The Morgan fingerprint density at radius 3 is 1.17 bits per heavy atom. The van der Waals surface area contributed by atoms with Gasteiger partial charge in [-0.1, -0.05) is 97.1 Å². The molecule has 0 bridgehead atoms. The summed E-state index contributed by atoms with van der Waals surface area (Å²) in [6.07, 6.45) is 0.356. The van der Waals surface area contributed by atoms with Gasteiger partial charge in [-0.05, 0) is 46.5 Å². The van der Waals surface area contributed by atoms with E-state index in [1.165, 1.54) is 36.4 Å². The molecule has 266 valence electrons. The molecule has 0 saturated carbocycles. The Labute approximate surface area is 299 Å². The predicted molar refractivity (Wildman–Crippen MR) is 192 cm³/mol. The van der Waals surface area contributed by atoms with Crippen molar-refractivity contribution in [2.45, 2.75) is 38.0 Å². The highest BCUT2D eigenvalue weighted by molar-refractivity contribution is 6.01. The number of hydrogen-bond donors (Lipinski definition) is 8. The molecule has 0 heterocycles. The largest absolute Gasteiger partial charge is 0.504 e. The minimum absolute atomic E-state index is 0.136. The summed E-state index contributed by atoms with van der Waals surface area (Å²) >= 11 is 0. The minimum Gasteiger partial charge on any atom is -0.504 e.